The Kier molecular flexibility index (Phi) is 3.12. The maximum absolute atomic E-state index is 2.49. The van der Waals surface area contributed by atoms with Gasteiger partial charge in [0.05, 0.1) is 0 Å². The summed E-state index contributed by atoms with van der Waals surface area (Å²) in [6, 6.07) is 11.0. The van der Waals surface area contributed by atoms with Crippen LogP contribution in [0.5, 0.6) is 0 Å². The Hall–Kier alpha value is -0.558. The monoisotopic (exact) mass is 422 g/mol. The first-order valence-corrected chi connectivity index (χ1v) is 7.96. The molecule has 17 heavy (non-hydrogen) atoms. The molecule has 1 aliphatic rings. The van der Waals surface area contributed by atoms with Crippen molar-refractivity contribution >= 4 is 39.9 Å². The van der Waals surface area contributed by atoms with Gasteiger partial charge in [0.25, 0.3) is 0 Å². The molecule has 0 spiro atoms. The quantitative estimate of drug-likeness (QED) is 0.615. The number of aromatic nitrogens is 1. The van der Waals surface area contributed by atoms with Crippen molar-refractivity contribution in [3.63, 3.8) is 0 Å². The topological polar surface area (TPSA) is 11.4 Å². The number of likely N-dealkylation sites (N-methyl/N-ethyl adjacent to an activating group) is 1. The van der Waals surface area contributed by atoms with Crippen molar-refractivity contribution in [2.75, 3.05) is 38.2 Å². The third-order valence-electron chi connectivity index (χ3n) is 3.45. The average molecular weight is 421 g/mol. The fraction of sp³-hybridized carbons (Fsp3) is 0.385. The SMILES string of the molecule is CN1CCN(n2[c]([Pb])cc3ccccc32)CC1. The van der Waals surface area contributed by atoms with Crippen molar-refractivity contribution in [3.05, 3.63) is 30.3 Å². The van der Waals surface area contributed by atoms with E-state index in [4.69, 9.17) is 0 Å². The Bertz CT molecular complexity index is 526. The molecule has 87 valence electrons. The molecule has 1 aromatic heterocycles. The van der Waals surface area contributed by atoms with E-state index in [2.05, 4.69) is 52.0 Å². The number of rotatable bonds is 1. The number of hydrogen-bond acceptors (Lipinski definition) is 2. The van der Waals surface area contributed by atoms with Crippen LogP contribution in [0, 0.1) is 0 Å². The van der Waals surface area contributed by atoms with E-state index in [-0.39, 0.29) is 0 Å². The van der Waals surface area contributed by atoms with Gasteiger partial charge in [0.1, 0.15) is 0 Å². The molecule has 3 rings (SSSR count). The fourth-order valence-electron chi connectivity index (χ4n) is 2.44. The predicted molar refractivity (Wildman–Crippen MR) is 72.8 cm³/mol. The summed E-state index contributed by atoms with van der Waals surface area (Å²) in [5.41, 5.74) is 1.36. The summed E-state index contributed by atoms with van der Waals surface area (Å²) in [5, 5.41) is 3.86. The summed E-state index contributed by atoms with van der Waals surface area (Å²) in [6.07, 6.45) is 0. The Morgan fingerprint density at radius 1 is 1.06 bits per heavy atom. The molecule has 3 nitrogen and oxygen atoms in total. The Morgan fingerprint density at radius 2 is 1.76 bits per heavy atom. The number of para-hydroxylation sites is 1. The molecule has 1 aromatic carbocycles. The molecule has 2 heterocycles. The molecule has 4 heteroatoms. The summed E-state index contributed by atoms with van der Waals surface area (Å²) in [5.74, 6) is 0. The van der Waals surface area contributed by atoms with Crippen LogP contribution in [0.2, 0.25) is 0 Å². The minimum atomic E-state index is 1.10. The zero-order valence-corrected chi connectivity index (χ0v) is 13.9. The van der Waals surface area contributed by atoms with Gasteiger partial charge in [-0.3, -0.25) is 0 Å². The van der Waals surface area contributed by atoms with Gasteiger partial charge in [-0.1, -0.05) is 0 Å². The zero-order chi connectivity index (χ0) is 11.8. The second-order valence-corrected chi connectivity index (χ2v) is 6.65. The number of fused-ring (bicyclic) bond motifs is 1. The number of piperazine rings is 1. The minimum absolute atomic E-state index is 1.10. The summed E-state index contributed by atoms with van der Waals surface area (Å²) in [4.78, 5) is 2.40. The third kappa shape index (κ3) is 2.10. The van der Waals surface area contributed by atoms with Crippen LogP contribution < -0.4 is 8.26 Å². The Morgan fingerprint density at radius 3 is 2.53 bits per heavy atom. The molecule has 0 saturated carbocycles. The van der Waals surface area contributed by atoms with Crippen LogP contribution in [-0.2, 0) is 0 Å². The molecule has 1 saturated heterocycles. The van der Waals surface area contributed by atoms with Crippen LogP contribution in [-0.4, -0.2) is 68.6 Å². The van der Waals surface area contributed by atoms with Crippen LogP contribution >= 0.6 is 0 Å². The van der Waals surface area contributed by atoms with E-state index in [0.29, 0.717) is 0 Å². The van der Waals surface area contributed by atoms with E-state index in [9.17, 15) is 0 Å². The molecule has 1 aliphatic heterocycles. The van der Waals surface area contributed by atoms with E-state index in [0.717, 1.165) is 51.9 Å². The molecule has 3 radical (unpaired) electrons. The molecule has 0 bridgehead atoms. The molecule has 0 N–H and O–H groups in total. The molecule has 0 unspecified atom stereocenters. The number of hydrogen-bond donors (Lipinski definition) is 0. The van der Waals surface area contributed by atoms with Gasteiger partial charge in [-0.15, -0.1) is 0 Å². The molecule has 0 aliphatic carbocycles. The van der Waals surface area contributed by atoms with Gasteiger partial charge in [-0.25, -0.2) is 0 Å². The number of benzene rings is 1. The molecule has 0 amide bonds. The van der Waals surface area contributed by atoms with Crippen molar-refractivity contribution in [1.82, 2.24) is 9.58 Å². The fourth-order valence-corrected chi connectivity index (χ4v) is 4.06. The Balaban J connectivity index is 2.02. The second kappa shape index (κ2) is 4.61. The zero-order valence-electron chi connectivity index (χ0n) is 10.1. The van der Waals surface area contributed by atoms with Crippen molar-refractivity contribution in [3.8, 4) is 0 Å². The number of nitrogens with zero attached hydrogens (tertiary/aromatic N) is 3. The van der Waals surface area contributed by atoms with E-state index in [1.54, 1.807) is 0 Å². The maximum atomic E-state index is 2.49. The molecular formula is C13H16N3Pb. The summed E-state index contributed by atoms with van der Waals surface area (Å²) >= 11 is 1.10. The van der Waals surface area contributed by atoms with E-state index in [1.807, 2.05) is 0 Å². The van der Waals surface area contributed by atoms with Crippen LogP contribution in [0.15, 0.2) is 30.3 Å². The van der Waals surface area contributed by atoms with Gasteiger partial charge in [-0.2, -0.15) is 0 Å². The Labute approximate surface area is 118 Å². The van der Waals surface area contributed by atoms with Crippen molar-refractivity contribution in [2.45, 2.75) is 0 Å². The average Bonchev–Trinajstić information content (AvgIpc) is 2.66. The van der Waals surface area contributed by atoms with Crippen molar-refractivity contribution in [2.24, 2.45) is 0 Å². The van der Waals surface area contributed by atoms with Gasteiger partial charge in [-0.05, 0) is 0 Å². The predicted octanol–water partition coefficient (Wildman–Crippen LogP) is 0.319. The van der Waals surface area contributed by atoms with Gasteiger partial charge in [0, 0.05) is 0 Å². The van der Waals surface area contributed by atoms with Crippen LogP contribution in [0.1, 0.15) is 0 Å². The summed E-state index contributed by atoms with van der Waals surface area (Å²) in [7, 11) is 2.20. The molecular weight excluding hydrogens is 405 g/mol. The third-order valence-corrected chi connectivity index (χ3v) is 4.83. The summed E-state index contributed by atoms with van der Waals surface area (Å²) < 4.78 is 3.91. The van der Waals surface area contributed by atoms with Crippen molar-refractivity contribution in [1.29, 1.82) is 0 Å². The molecule has 0 atom stereocenters. The standard InChI is InChI=1S/C13H16N3.Pb/c1-14-8-10-15(11-9-14)16-7-6-12-4-2-3-5-13(12)16;/h2-6H,8-11H2,1H3;. The summed E-state index contributed by atoms with van der Waals surface area (Å²) in [6.45, 7) is 4.58. The van der Waals surface area contributed by atoms with Crippen LogP contribution in [0.4, 0.5) is 0 Å². The first kappa shape index (κ1) is 11.5. The van der Waals surface area contributed by atoms with E-state index < -0.39 is 0 Å². The molecule has 1 fully saturated rings. The van der Waals surface area contributed by atoms with E-state index in [1.165, 1.54) is 14.2 Å². The first-order valence-electron chi connectivity index (χ1n) is 6.01. The van der Waals surface area contributed by atoms with Gasteiger partial charge >= 0.3 is 118 Å². The molecule has 2 aromatic rings. The van der Waals surface area contributed by atoms with Crippen LogP contribution in [0.3, 0.4) is 0 Å². The van der Waals surface area contributed by atoms with Gasteiger partial charge < -0.3 is 0 Å². The van der Waals surface area contributed by atoms with E-state index >= 15 is 0 Å². The van der Waals surface area contributed by atoms with Crippen molar-refractivity contribution < 1.29 is 0 Å². The van der Waals surface area contributed by atoms with Gasteiger partial charge in [0.2, 0.25) is 0 Å². The second-order valence-electron chi connectivity index (χ2n) is 4.66. The normalized spacial score (nSPS) is 17.9. The van der Waals surface area contributed by atoms with Crippen LogP contribution in [0.25, 0.3) is 10.9 Å². The van der Waals surface area contributed by atoms with Gasteiger partial charge in [0.15, 0.2) is 0 Å². The first-order chi connectivity index (χ1) is 8.25.